The second kappa shape index (κ2) is 10.7. The number of anilines is 2. The molecule has 0 radical (unpaired) electrons. The van der Waals surface area contributed by atoms with Crippen LogP contribution in [0.1, 0.15) is 26.3 Å². The van der Waals surface area contributed by atoms with E-state index in [1.165, 1.54) is 42.3 Å². The molecule has 0 saturated carbocycles. The van der Waals surface area contributed by atoms with Gasteiger partial charge in [-0.1, -0.05) is 35.9 Å². The molecule has 1 aliphatic heterocycles. The monoisotopic (exact) mass is 561 g/mol. The van der Waals surface area contributed by atoms with E-state index in [4.69, 9.17) is 16.3 Å². The van der Waals surface area contributed by atoms with Crippen LogP contribution >= 0.6 is 11.6 Å². The predicted molar refractivity (Wildman–Crippen MR) is 147 cm³/mol. The van der Waals surface area contributed by atoms with Crippen molar-refractivity contribution < 1.29 is 23.5 Å². The molecule has 1 unspecified atom stereocenters. The molecule has 11 heteroatoms. The fraction of sp³-hybridized carbons (Fsp3) is 0.0714. The minimum Gasteiger partial charge on any atom is -0.495 e. The summed E-state index contributed by atoms with van der Waals surface area (Å²) in [4.78, 5) is 39.9. The minimum atomic E-state index is -1.70. The highest BCUT2D eigenvalue weighted by Gasteiger charge is 2.31. The maximum absolute atomic E-state index is 13.8. The number of ether oxygens (including phenoxy) is 1. The number of carbonyl (C=O) groups is 2. The van der Waals surface area contributed by atoms with Gasteiger partial charge in [0.15, 0.2) is 0 Å². The molecule has 196 valence electrons. The van der Waals surface area contributed by atoms with Crippen molar-refractivity contribution in [2.45, 2.75) is 16.3 Å². The molecule has 4 aromatic rings. The fourth-order valence-electron chi connectivity index (χ4n) is 4.28. The lowest BCUT2D eigenvalue weighted by Crippen LogP contribution is -2.30. The van der Waals surface area contributed by atoms with Gasteiger partial charge in [0.05, 0.1) is 56.1 Å². The zero-order valence-electron chi connectivity index (χ0n) is 20.4. The van der Waals surface area contributed by atoms with Crippen LogP contribution in [-0.2, 0) is 17.3 Å². The number of methoxy groups -OCH3 is 1. The molecule has 1 heterocycles. The van der Waals surface area contributed by atoms with Crippen LogP contribution in [0.3, 0.4) is 0 Å². The van der Waals surface area contributed by atoms with E-state index in [2.05, 4.69) is 5.32 Å². The van der Waals surface area contributed by atoms with Crippen molar-refractivity contribution in [3.63, 3.8) is 0 Å². The average molecular weight is 562 g/mol. The number of amides is 2. The quantitative estimate of drug-likeness (QED) is 0.233. The lowest BCUT2D eigenvalue weighted by Gasteiger charge is -2.24. The molecule has 0 aliphatic carbocycles. The summed E-state index contributed by atoms with van der Waals surface area (Å²) < 4.78 is 18.9. The smallest absolute Gasteiger partial charge is 0.271 e. The van der Waals surface area contributed by atoms with Crippen molar-refractivity contribution in [3.05, 3.63) is 117 Å². The Morgan fingerprint density at radius 3 is 2.56 bits per heavy atom. The number of non-ortho nitro benzene ring substituents is 1. The van der Waals surface area contributed by atoms with Crippen molar-refractivity contribution in [2.24, 2.45) is 0 Å². The van der Waals surface area contributed by atoms with Crippen LogP contribution in [0, 0.1) is 10.1 Å². The highest BCUT2D eigenvalue weighted by Crippen LogP contribution is 2.37. The molecule has 1 N–H and O–H groups in total. The van der Waals surface area contributed by atoms with E-state index in [-0.39, 0.29) is 35.1 Å². The van der Waals surface area contributed by atoms with Crippen LogP contribution in [0.4, 0.5) is 17.1 Å². The van der Waals surface area contributed by atoms with Crippen molar-refractivity contribution in [1.29, 1.82) is 0 Å². The van der Waals surface area contributed by atoms with Gasteiger partial charge in [-0.2, -0.15) is 0 Å². The number of benzene rings is 4. The largest absolute Gasteiger partial charge is 0.495 e. The van der Waals surface area contributed by atoms with E-state index in [1.54, 1.807) is 48.5 Å². The topological polar surface area (TPSA) is 119 Å². The highest BCUT2D eigenvalue weighted by molar-refractivity contribution is 7.85. The van der Waals surface area contributed by atoms with E-state index in [0.717, 1.165) is 5.56 Å². The van der Waals surface area contributed by atoms with E-state index in [0.29, 0.717) is 26.1 Å². The van der Waals surface area contributed by atoms with Gasteiger partial charge < -0.3 is 15.0 Å². The summed E-state index contributed by atoms with van der Waals surface area (Å²) in [5.41, 5.74) is 1.36. The Balaban J connectivity index is 1.59. The molecule has 0 saturated heterocycles. The fourth-order valence-corrected chi connectivity index (χ4v) is 5.84. The first kappa shape index (κ1) is 26.1. The summed E-state index contributed by atoms with van der Waals surface area (Å²) in [5.74, 6) is -0.743. The zero-order valence-corrected chi connectivity index (χ0v) is 22.0. The van der Waals surface area contributed by atoms with Crippen LogP contribution in [-0.4, -0.2) is 28.1 Å². The second-order valence-electron chi connectivity index (χ2n) is 8.56. The molecule has 9 nitrogen and oxygen atoms in total. The highest BCUT2D eigenvalue weighted by atomic mass is 35.5. The molecule has 0 spiro atoms. The van der Waals surface area contributed by atoms with Crippen LogP contribution in [0.5, 0.6) is 5.75 Å². The molecular formula is C28H20ClN3O6S. The summed E-state index contributed by atoms with van der Waals surface area (Å²) in [6, 6.07) is 22.1. The summed E-state index contributed by atoms with van der Waals surface area (Å²) >= 11 is 6.18. The third kappa shape index (κ3) is 5.12. The Bertz CT molecular complexity index is 1680. The SMILES string of the molecule is COc1ccc([N+](=O)[O-])cc1NC(=O)c1ccc2c(c1)N(Cc1cccc(Cl)c1)C(=O)c1ccccc1S2=O. The van der Waals surface area contributed by atoms with Gasteiger partial charge in [0.2, 0.25) is 0 Å². The number of halogens is 1. The van der Waals surface area contributed by atoms with Crippen molar-refractivity contribution >= 4 is 51.3 Å². The van der Waals surface area contributed by atoms with Crippen molar-refractivity contribution in [2.75, 3.05) is 17.3 Å². The van der Waals surface area contributed by atoms with Gasteiger partial charge in [0.1, 0.15) is 5.75 Å². The third-order valence-corrected chi connectivity index (χ3v) is 7.88. The van der Waals surface area contributed by atoms with Gasteiger partial charge in [0.25, 0.3) is 17.5 Å². The number of nitro benzene ring substituents is 1. The standard InChI is InChI=1S/C28H20ClN3O6S/c1-38-24-11-10-20(32(35)36)15-22(24)30-27(33)18-9-12-26-23(14-18)31(16-17-5-4-6-19(29)13-17)28(34)21-7-2-3-8-25(21)39(26)37/h2-15H,16H2,1H3,(H,30,33). The number of carbonyl (C=O) groups excluding carboxylic acids is 2. The average Bonchev–Trinajstić information content (AvgIpc) is 3.02. The lowest BCUT2D eigenvalue weighted by atomic mass is 10.1. The van der Waals surface area contributed by atoms with E-state index >= 15 is 0 Å². The molecule has 1 atom stereocenters. The normalized spacial score (nSPS) is 14.2. The first-order valence-corrected chi connectivity index (χ1v) is 13.1. The Kier molecular flexibility index (Phi) is 7.14. The van der Waals surface area contributed by atoms with Crippen LogP contribution < -0.4 is 15.0 Å². The molecule has 1 aliphatic rings. The molecule has 0 aromatic heterocycles. The van der Waals surface area contributed by atoms with Gasteiger partial charge in [-0.3, -0.25) is 19.7 Å². The number of hydrogen-bond acceptors (Lipinski definition) is 6. The van der Waals surface area contributed by atoms with E-state index in [9.17, 15) is 23.9 Å². The molecule has 2 amide bonds. The molecular weight excluding hydrogens is 542 g/mol. The van der Waals surface area contributed by atoms with Crippen LogP contribution in [0.2, 0.25) is 5.02 Å². The van der Waals surface area contributed by atoms with E-state index < -0.39 is 21.6 Å². The summed E-state index contributed by atoms with van der Waals surface area (Å²) in [6.07, 6.45) is 0. The Morgan fingerprint density at radius 1 is 1.03 bits per heavy atom. The number of nitrogens with one attached hydrogen (secondary N) is 1. The first-order chi connectivity index (χ1) is 18.8. The van der Waals surface area contributed by atoms with E-state index in [1.807, 2.05) is 6.07 Å². The summed E-state index contributed by atoms with van der Waals surface area (Å²) in [6.45, 7) is 0.113. The van der Waals surface area contributed by atoms with Crippen LogP contribution in [0.25, 0.3) is 0 Å². The second-order valence-corrected chi connectivity index (χ2v) is 10.4. The summed E-state index contributed by atoms with van der Waals surface area (Å²) in [5, 5.41) is 14.4. The number of hydrogen-bond donors (Lipinski definition) is 1. The minimum absolute atomic E-state index is 0.106. The predicted octanol–water partition coefficient (Wildman–Crippen LogP) is 5.84. The molecule has 39 heavy (non-hydrogen) atoms. The van der Waals surface area contributed by atoms with Crippen molar-refractivity contribution in [3.8, 4) is 5.75 Å². The van der Waals surface area contributed by atoms with Gasteiger partial charge >= 0.3 is 0 Å². The zero-order chi connectivity index (χ0) is 27.7. The Labute approximate surface area is 230 Å². The lowest BCUT2D eigenvalue weighted by molar-refractivity contribution is -0.384. The number of nitrogens with zero attached hydrogens (tertiary/aromatic N) is 2. The van der Waals surface area contributed by atoms with Gasteiger partial charge in [-0.25, -0.2) is 4.21 Å². The third-order valence-electron chi connectivity index (χ3n) is 6.15. The first-order valence-electron chi connectivity index (χ1n) is 11.6. The Hall–Kier alpha value is -4.54. The molecule has 4 aromatic carbocycles. The molecule has 5 rings (SSSR count). The maximum Gasteiger partial charge on any atom is 0.271 e. The number of rotatable bonds is 6. The summed E-state index contributed by atoms with van der Waals surface area (Å²) in [7, 11) is -0.319. The maximum atomic E-state index is 13.8. The van der Waals surface area contributed by atoms with Gasteiger partial charge in [-0.15, -0.1) is 0 Å². The molecule has 0 bridgehead atoms. The van der Waals surface area contributed by atoms with Gasteiger partial charge in [-0.05, 0) is 54.1 Å². The Morgan fingerprint density at radius 2 is 1.82 bits per heavy atom. The van der Waals surface area contributed by atoms with Gasteiger partial charge in [0, 0.05) is 22.7 Å². The van der Waals surface area contributed by atoms with Crippen LogP contribution in [0.15, 0.2) is 94.7 Å². The number of nitro groups is 1. The van der Waals surface area contributed by atoms with Crippen molar-refractivity contribution in [1.82, 2.24) is 0 Å². The number of fused-ring (bicyclic) bond motifs is 2. The molecule has 0 fully saturated rings.